The molecule has 0 radical (unpaired) electrons. The van der Waals surface area contributed by atoms with Crippen LogP contribution in [0, 0.1) is 5.92 Å². The average Bonchev–Trinajstić information content (AvgIpc) is 3.19. The van der Waals surface area contributed by atoms with E-state index < -0.39 is 0 Å². The van der Waals surface area contributed by atoms with Crippen molar-refractivity contribution in [3.8, 4) is 11.3 Å². The smallest absolute Gasteiger partial charge is 0.314 e. The molecule has 31 heavy (non-hydrogen) atoms. The molecule has 6 nitrogen and oxygen atoms in total. The number of hydrogen-bond acceptors (Lipinski definition) is 3. The first-order valence-electron chi connectivity index (χ1n) is 11.4. The van der Waals surface area contributed by atoms with Gasteiger partial charge in [0.2, 0.25) is 0 Å². The molecule has 0 aliphatic carbocycles. The fourth-order valence-corrected chi connectivity index (χ4v) is 5.44. The number of rotatable bonds is 5. The largest absolute Gasteiger partial charge is 0.338 e. The average molecular weight is 418 g/mol. The summed E-state index contributed by atoms with van der Waals surface area (Å²) in [7, 11) is 2.08. The van der Waals surface area contributed by atoms with Gasteiger partial charge < -0.3 is 10.6 Å². The third kappa shape index (κ3) is 3.92. The molecule has 0 spiro atoms. The second-order valence-corrected chi connectivity index (χ2v) is 8.92. The molecule has 4 heterocycles. The number of hydrogen-bond donors (Lipinski definition) is 2. The van der Waals surface area contributed by atoms with E-state index in [1.165, 1.54) is 28.5 Å². The lowest BCUT2D eigenvalue weighted by Gasteiger charge is -2.49. The Morgan fingerprint density at radius 3 is 2.74 bits per heavy atom. The van der Waals surface area contributed by atoms with Gasteiger partial charge in [-0.2, -0.15) is 5.10 Å². The number of aryl methyl sites for hydroxylation is 1. The van der Waals surface area contributed by atoms with Gasteiger partial charge in [0.15, 0.2) is 0 Å². The number of benzene rings is 2. The van der Waals surface area contributed by atoms with Crippen LogP contribution in [-0.4, -0.2) is 52.9 Å². The van der Waals surface area contributed by atoms with E-state index in [1.807, 2.05) is 6.92 Å². The first-order valence-corrected chi connectivity index (χ1v) is 11.4. The fraction of sp³-hybridized carbons (Fsp3) is 0.440. The molecule has 0 saturated carbocycles. The SMILES string of the molecule is CCNC(=O)NCC1CC2CCN1CC2c1cc(-c2ccc3ccccc3c2)nn1C. The lowest BCUT2D eigenvalue weighted by atomic mass is 9.74. The van der Waals surface area contributed by atoms with Crippen molar-refractivity contribution < 1.29 is 4.79 Å². The molecule has 3 aromatic rings. The molecular weight excluding hydrogens is 386 g/mol. The number of carbonyl (C=O) groups is 1. The highest BCUT2D eigenvalue weighted by atomic mass is 16.2. The van der Waals surface area contributed by atoms with Crippen molar-refractivity contribution in [3.63, 3.8) is 0 Å². The minimum absolute atomic E-state index is 0.0617. The standard InChI is InChI=1S/C25H31N5O/c1-3-26-25(31)27-15-21-13-19-10-11-30(21)16-22(19)24-14-23(28-29(24)2)20-9-8-17-6-4-5-7-18(17)12-20/h4-9,12,14,19,21-22H,3,10-11,13,15-16H2,1-2H3,(H2,26,27,31). The summed E-state index contributed by atoms with van der Waals surface area (Å²) in [6, 6.07) is 17.7. The Hall–Kier alpha value is -2.86. The molecule has 2 N–H and O–H groups in total. The molecule has 4 unspecified atom stereocenters. The van der Waals surface area contributed by atoms with E-state index in [9.17, 15) is 4.79 Å². The second kappa shape index (κ2) is 8.35. The van der Waals surface area contributed by atoms with E-state index in [2.05, 4.69) is 75.8 Å². The Labute approximate surface area is 183 Å². The number of amides is 2. The van der Waals surface area contributed by atoms with Crippen molar-refractivity contribution in [1.29, 1.82) is 0 Å². The van der Waals surface area contributed by atoms with Crippen LogP contribution in [-0.2, 0) is 7.05 Å². The molecule has 6 heteroatoms. The van der Waals surface area contributed by atoms with Crippen LogP contribution in [0.1, 0.15) is 31.4 Å². The summed E-state index contributed by atoms with van der Waals surface area (Å²) in [6.45, 7) is 5.49. The maximum atomic E-state index is 11.8. The molecule has 6 rings (SSSR count). The van der Waals surface area contributed by atoms with Gasteiger partial charge in [0, 0.05) is 49.9 Å². The number of aromatic nitrogens is 2. The van der Waals surface area contributed by atoms with E-state index in [0.29, 0.717) is 24.4 Å². The van der Waals surface area contributed by atoms with Gasteiger partial charge in [-0.25, -0.2) is 4.79 Å². The van der Waals surface area contributed by atoms with Crippen molar-refractivity contribution >= 4 is 16.8 Å². The lowest BCUT2D eigenvalue weighted by Crippen LogP contribution is -2.56. The van der Waals surface area contributed by atoms with Gasteiger partial charge in [0.1, 0.15) is 0 Å². The van der Waals surface area contributed by atoms with Gasteiger partial charge in [-0.05, 0) is 55.1 Å². The third-order valence-electron chi connectivity index (χ3n) is 7.06. The van der Waals surface area contributed by atoms with E-state index >= 15 is 0 Å². The number of nitrogens with zero attached hydrogens (tertiary/aromatic N) is 3. The molecular formula is C25H31N5O. The summed E-state index contributed by atoms with van der Waals surface area (Å²) in [5.74, 6) is 1.15. The molecule has 3 aliphatic heterocycles. The Balaban J connectivity index is 1.32. The summed E-state index contributed by atoms with van der Waals surface area (Å²) >= 11 is 0. The summed E-state index contributed by atoms with van der Waals surface area (Å²) in [6.07, 6.45) is 2.35. The van der Waals surface area contributed by atoms with Crippen molar-refractivity contribution in [2.75, 3.05) is 26.2 Å². The van der Waals surface area contributed by atoms with Crippen LogP contribution in [0.3, 0.4) is 0 Å². The number of urea groups is 1. The van der Waals surface area contributed by atoms with Crippen LogP contribution in [0.2, 0.25) is 0 Å². The topological polar surface area (TPSA) is 62.2 Å². The van der Waals surface area contributed by atoms with Crippen molar-refractivity contribution in [3.05, 3.63) is 54.2 Å². The lowest BCUT2D eigenvalue weighted by molar-refractivity contribution is 0.0294. The summed E-state index contributed by atoms with van der Waals surface area (Å²) in [5.41, 5.74) is 3.55. The first kappa shape index (κ1) is 20.1. The van der Waals surface area contributed by atoms with Crippen LogP contribution in [0.15, 0.2) is 48.5 Å². The summed E-state index contributed by atoms with van der Waals surface area (Å²) < 4.78 is 2.08. The maximum absolute atomic E-state index is 11.8. The van der Waals surface area contributed by atoms with Crippen LogP contribution < -0.4 is 10.6 Å². The predicted molar refractivity (Wildman–Crippen MR) is 124 cm³/mol. The minimum atomic E-state index is -0.0617. The highest BCUT2D eigenvalue weighted by Crippen LogP contribution is 2.42. The monoisotopic (exact) mass is 417 g/mol. The van der Waals surface area contributed by atoms with Crippen LogP contribution >= 0.6 is 0 Å². The second-order valence-electron chi connectivity index (χ2n) is 8.92. The van der Waals surface area contributed by atoms with Crippen LogP contribution in [0.25, 0.3) is 22.0 Å². The molecule has 1 aromatic heterocycles. The van der Waals surface area contributed by atoms with E-state index in [4.69, 9.17) is 5.10 Å². The molecule has 2 aromatic carbocycles. The van der Waals surface area contributed by atoms with Gasteiger partial charge in [-0.3, -0.25) is 9.58 Å². The normalized spacial score (nSPS) is 25.0. The molecule has 4 atom stereocenters. The number of nitrogens with one attached hydrogen (secondary N) is 2. The highest BCUT2D eigenvalue weighted by molar-refractivity contribution is 5.86. The van der Waals surface area contributed by atoms with Gasteiger partial charge in [0.05, 0.1) is 5.69 Å². The zero-order chi connectivity index (χ0) is 21.4. The quantitative estimate of drug-likeness (QED) is 0.665. The minimum Gasteiger partial charge on any atom is -0.338 e. The molecule has 3 aliphatic rings. The summed E-state index contributed by atoms with van der Waals surface area (Å²) in [5, 5.41) is 13.2. The van der Waals surface area contributed by atoms with Crippen molar-refractivity contribution in [2.24, 2.45) is 13.0 Å². The predicted octanol–water partition coefficient (Wildman–Crippen LogP) is 3.74. The van der Waals surface area contributed by atoms with Crippen LogP contribution in [0.4, 0.5) is 4.79 Å². The van der Waals surface area contributed by atoms with Crippen molar-refractivity contribution in [1.82, 2.24) is 25.3 Å². The van der Waals surface area contributed by atoms with Gasteiger partial charge in [0.25, 0.3) is 0 Å². The van der Waals surface area contributed by atoms with E-state index in [1.54, 1.807) is 0 Å². The molecule has 162 valence electrons. The Morgan fingerprint density at radius 2 is 1.97 bits per heavy atom. The first-order chi connectivity index (χ1) is 15.1. The Morgan fingerprint density at radius 1 is 1.13 bits per heavy atom. The highest BCUT2D eigenvalue weighted by Gasteiger charge is 2.41. The maximum Gasteiger partial charge on any atom is 0.314 e. The Bertz CT molecular complexity index is 1090. The zero-order valence-corrected chi connectivity index (χ0v) is 18.3. The molecule has 2 amide bonds. The number of fused-ring (bicyclic) bond motifs is 4. The molecule has 3 fully saturated rings. The molecule has 2 bridgehead atoms. The van der Waals surface area contributed by atoms with E-state index in [0.717, 1.165) is 31.7 Å². The van der Waals surface area contributed by atoms with Crippen LogP contribution in [0.5, 0.6) is 0 Å². The number of piperidine rings is 3. The molecule has 3 saturated heterocycles. The van der Waals surface area contributed by atoms with Gasteiger partial charge >= 0.3 is 6.03 Å². The van der Waals surface area contributed by atoms with E-state index in [-0.39, 0.29) is 6.03 Å². The van der Waals surface area contributed by atoms with Crippen molar-refractivity contribution in [2.45, 2.75) is 31.7 Å². The van der Waals surface area contributed by atoms with Gasteiger partial charge in [-0.1, -0.05) is 36.4 Å². The zero-order valence-electron chi connectivity index (χ0n) is 18.3. The number of carbonyl (C=O) groups excluding carboxylic acids is 1. The summed E-state index contributed by atoms with van der Waals surface area (Å²) in [4.78, 5) is 14.3. The third-order valence-corrected chi connectivity index (χ3v) is 7.06. The Kier molecular flexibility index (Phi) is 5.40. The van der Waals surface area contributed by atoms with Gasteiger partial charge in [-0.15, -0.1) is 0 Å². The fourth-order valence-electron chi connectivity index (χ4n) is 5.44.